The van der Waals surface area contributed by atoms with E-state index in [1.165, 1.54) is 0 Å². The summed E-state index contributed by atoms with van der Waals surface area (Å²) in [5, 5.41) is 10.1. The van der Waals surface area contributed by atoms with Gasteiger partial charge in [0.05, 0.1) is 20.8 Å². The Bertz CT molecular complexity index is 376. The van der Waals surface area contributed by atoms with E-state index in [0.29, 0.717) is 29.6 Å². The highest BCUT2D eigenvalue weighted by atomic mass is 16.5. The molecule has 1 N–H and O–H groups in total. The Morgan fingerprint density at radius 2 is 1.89 bits per heavy atom. The molecule has 1 aromatic carbocycles. The molecule has 19 heavy (non-hydrogen) atoms. The minimum atomic E-state index is -0.687. The second kappa shape index (κ2) is 8.02. The molecule has 4 heteroatoms. The highest BCUT2D eigenvalue weighted by Gasteiger charge is 2.14. The first-order chi connectivity index (χ1) is 9.08. The van der Waals surface area contributed by atoms with Crippen molar-refractivity contribution >= 4 is 0 Å². The van der Waals surface area contributed by atoms with Crippen LogP contribution in [-0.2, 0) is 4.74 Å². The second-order valence-corrected chi connectivity index (χ2v) is 4.88. The van der Waals surface area contributed by atoms with Gasteiger partial charge in [-0.05, 0) is 24.5 Å². The Balaban J connectivity index is 2.58. The molecule has 0 bridgehead atoms. The van der Waals surface area contributed by atoms with E-state index in [1.807, 2.05) is 0 Å². The third kappa shape index (κ3) is 5.09. The predicted octanol–water partition coefficient (Wildman–Crippen LogP) is 2.80. The molecule has 1 unspecified atom stereocenters. The maximum absolute atomic E-state index is 10.1. The van der Waals surface area contributed by atoms with E-state index in [9.17, 15) is 5.11 Å². The Morgan fingerprint density at radius 1 is 1.16 bits per heavy atom. The molecule has 0 fully saturated rings. The maximum Gasteiger partial charge on any atom is 0.128 e. The lowest BCUT2D eigenvalue weighted by molar-refractivity contribution is 0.0308. The van der Waals surface area contributed by atoms with Crippen LogP contribution in [0.4, 0.5) is 0 Å². The van der Waals surface area contributed by atoms with Crippen LogP contribution in [0.5, 0.6) is 11.5 Å². The lowest BCUT2D eigenvalue weighted by atomic mass is 10.1. The fraction of sp³-hybridized carbons (Fsp3) is 0.600. The number of hydrogen-bond acceptors (Lipinski definition) is 4. The van der Waals surface area contributed by atoms with Crippen molar-refractivity contribution in [1.29, 1.82) is 0 Å². The van der Waals surface area contributed by atoms with Crippen molar-refractivity contribution < 1.29 is 19.3 Å². The molecular formula is C15H24O4. The van der Waals surface area contributed by atoms with E-state index in [2.05, 4.69) is 13.8 Å². The molecule has 1 aromatic rings. The average Bonchev–Trinajstić information content (AvgIpc) is 2.42. The lowest BCUT2D eigenvalue weighted by Crippen LogP contribution is -2.10. The van der Waals surface area contributed by atoms with E-state index in [0.717, 1.165) is 6.42 Å². The largest absolute Gasteiger partial charge is 0.497 e. The van der Waals surface area contributed by atoms with Gasteiger partial charge in [0.15, 0.2) is 0 Å². The van der Waals surface area contributed by atoms with E-state index >= 15 is 0 Å². The summed E-state index contributed by atoms with van der Waals surface area (Å²) in [4.78, 5) is 0. The van der Waals surface area contributed by atoms with E-state index in [-0.39, 0.29) is 6.61 Å². The molecular weight excluding hydrogens is 244 g/mol. The number of hydrogen-bond donors (Lipinski definition) is 1. The predicted molar refractivity (Wildman–Crippen MR) is 74.8 cm³/mol. The van der Waals surface area contributed by atoms with Crippen LogP contribution < -0.4 is 9.47 Å². The molecule has 0 saturated carbocycles. The van der Waals surface area contributed by atoms with Crippen LogP contribution in [0.1, 0.15) is 31.9 Å². The molecule has 0 aliphatic carbocycles. The van der Waals surface area contributed by atoms with Gasteiger partial charge in [-0.3, -0.25) is 0 Å². The number of methoxy groups -OCH3 is 2. The van der Waals surface area contributed by atoms with Crippen LogP contribution in [0, 0.1) is 5.92 Å². The van der Waals surface area contributed by atoms with Gasteiger partial charge in [-0.2, -0.15) is 0 Å². The molecule has 0 spiro atoms. The molecule has 0 saturated heterocycles. The monoisotopic (exact) mass is 268 g/mol. The first-order valence-corrected chi connectivity index (χ1v) is 6.56. The number of benzene rings is 1. The standard InChI is InChI=1S/C15H24O4/c1-11(2)7-8-19-10-14(16)13-6-5-12(17-3)9-15(13)18-4/h5-6,9,11,14,16H,7-8,10H2,1-4H3. The highest BCUT2D eigenvalue weighted by molar-refractivity contribution is 5.41. The van der Waals surface area contributed by atoms with E-state index in [1.54, 1.807) is 32.4 Å². The van der Waals surface area contributed by atoms with Gasteiger partial charge in [0, 0.05) is 18.2 Å². The Kier molecular flexibility index (Phi) is 6.67. The summed E-state index contributed by atoms with van der Waals surface area (Å²) in [6, 6.07) is 5.36. The zero-order valence-electron chi connectivity index (χ0n) is 12.2. The summed E-state index contributed by atoms with van der Waals surface area (Å²) in [6.45, 7) is 5.22. The molecule has 0 aliphatic heterocycles. The number of rotatable bonds is 8. The number of aliphatic hydroxyl groups is 1. The Labute approximate surface area is 115 Å². The highest BCUT2D eigenvalue weighted by Crippen LogP contribution is 2.29. The minimum Gasteiger partial charge on any atom is -0.497 e. The molecule has 0 aliphatic rings. The van der Waals surface area contributed by atoms with Gasteiger partial charge in [0.25, 0.3) is 0 Å². The number of ether oxygens (including phenoxy) is 3. The Morgan fingerprint density at radius 3 is 2.47 bits per heavy atom. The summed E-state index contributed by atoms with van der Waals surface area (Å²) < 4.78 is 15.9. The van der Waals surface area contributed by atoms with Gasteiger partial charge >= 0.3 is 0 Å². The first-order valence-electron chi connectivity index (χ1n) is 6.56. The smallest absolute Gasteiger partial charge is 0.128 e. The Hall–Kier alpha value is -1.26. The van der Waals surface area contributed by atoms with Crippen LogP contribution in [0.15, 0.2) is 18.2 Å². The summed E-state index contributed by atoms with van der Waals surface area (Å²) in [5.74, 6) is 1.92. The number of aliphatic hydroxyl groups excluding tert-OH is 1. The van der Waals surface area contributed by atoms with Crippen molar-refractivity contribution in [3.8, 4) is 11.5 Å². The normalized spacial score (nSPS) is 12.5. The quantitative estimate of drug-likeness (QED) is 0.736. The van der Waals surface area contributed by atoms with Gasteiger partial charge in [-0.25, -0.2) is 0 Å². The van der Waals surface area contributed by atoms with Gasteiger partial charge in [0.1, 0.15) is 17.6 Å². The minimum absolute atomic E-state index is 0.273. The fourth-order valence-corrected chi connectivity index (χ4v) is 1.70. The average molecular weight is 268 g/mol. The fourth-order valence-electron chi connectivity index (χ4n) is 1.70. The lowest BCUT2D eigenvalue weighted by Gasteiger charge is -2.16. The molecule has 0 heterocycles. The van der Waals surface area contributed by atoms with Crippen LogP contribution >= 0.6 is 0 Å². The summed E-state index contributed by atoms with van der Waals surface area (Å²) >= 11 is 0. The molecule has 0 amide bonds. The van der Waals surface area contributed by atoms with E-state index < -0.39 is 6.10 Å². The molecule has 108 valence electrons. The van der Waals surface area contributed by atoms with Crippen molar-refractivity contribution in [2.75, 3.05) is 27.4 Å². The summed E-state index contributed by atoms with van der Waals surface area (Å²) in [7, 11) is 3.17. The zero-order chi connectivity index (χ0) is 14.3. The van der Waals surface area contributed by atoms with Gasteiger partial charge in [-0.1, -0.05) is 13.8 Å². The molecule has 0 radical (unpaired) electrons. The van der Waals surface area contributed by atoms with Gasteiger partial charge in [-0.15, -0.1) is 0 Å². The topological polar surface area (TPSA) is 47.9 Å². The third-order valence-electron chi connectivity index (χ3n) is 2.91. The van der Waals surface area contributed by atoms with Crippen molar-refractivity contribution in [1.82, 2.24) is 0 Å². The van der Waals surface area contributed by atoms with Crippen molar-refractivity contribution in [2.24, 2.45) is 5.92 Å². The van der Waals surface area contributed by atoms with Crippen LogP contribution in [-0.4, -0.2) is 32.5 Å². The van der Waals surface area contributed by atoms with Crippen LogP contribution in [0.3, 0.4) is 0 Å². The maximum atomic E-state index is 10.1. The molecule has 1 atom stereocenters. The van der Waals surface area contributed by atoms with E-state index in [4.69, 9.17) is 14.2 Å². The zero-order valence-corrected chi connectivity index (χ0v) is 12.2. The van der Waals surface area contributed by atoms with Gasteiger partial charge in [0.2, 0.25) is 0 Å². The SMILES string of the molecule is COc1ccc(C(O)COCCC(C)C)c(OC)c1. The summed E-state index contributed by atoms with van der Waals surface area (Å²) in [5.41, 5.74) is 0.716. The molecule has 0 aromatic heterocycles. The van der Waals surface area contributed by atoms with Crippen molar-refractivity contribution in [3.63, 3.8) is 0 Å². The molecule has 1 rings (SSSR count). The second-order valence-electron chi connectivity index (χ2n) is 4.88. The third-order valence-corrected chi connectivity index (χ3v) is 2.91. The van der Waals surface area contributed by atoms with Crippen molar-refractivity contribution in [3.05, 3.63) is 23.8 Å². The van der Waals surface area contributed by atoms with Crippen LogP contribution in [0.25, 0.3) is 0 Å². The van der Waals surface area contributed by atoms with Crippen molar-refractivity contribution in [2.45, 2.75) is 26.4 Å². The molecule has 4 nitrogen and oxygen atoms in total. The summed E-state index contributed by atoms with van der Waals surface area (Å²) in [6.07, 6.45) is 0.306. The van der Waals surface area contributed by atoms with Gasteiger partial charge < -0.3 is 19.3 Å². The first kappa shape index (κ1) is 15.8. The van der Waals surface area contributed by atoms with Crippen LogP contribution in [0.2, 0.25) is 0 Å².